The van der Waals surface area contributed by atoms with Gasteiger partial charge in [0.05, 0.1) is 12.7 Å². The van der Waals surface area contributed by atoms with Crippen LogP contribution in [-0.4, -0.2) is 36.3 Å². The van der Waals surface area contributed by atoms with Gasteiger partial charge >= 0.3 is 0 Å². The molecule has 0 aliphatic carbocycles. The van der Waals surface area contributed by atoms with E-state index in [1.807, 2.05) is 26.0 Å². The Morgan fingerprint density at radius 2 is 2.40 bits per heavy atom. The first-order chi connectivity index (χ1) is 9.66. The van der Waals surface area contributed by atoms with Gasteiger partial charge in [0.1, 0.15) is 11.9 Å². The van der Waals surface area contributed by atoms with Crippen LogP contribution in [0.15, 0.2) is 24.4 Å². The molecular formula is C15H22N2O3. The summed E-state index contributed by atoms with van der Waals surface area (Å²) < 4.78 is 11.3. The van der Waals surface area contributed by atoms with Crippen molar-refractivity contribution in [3.63, 3.8) is 0 Å². The molecule has 2 atom stereocenters. The minimum absolute atomic E-state index is 0.0973. The molecule has 5 heteroatoms. The van der Waals surface area contributed by atoms with Crippen molar-refractivity contribution in [3.05, 3.63) is 24.4 Å². The Kier molecular flexibility index (Phi) is 5.49. The number of rotatable bonds is 6. The molecule has 1 aromatic heterocycles. The predicted octanol–water partition coefficient (Wildman–Crippen LogP) is 2.24. The minimum atomic E-state index is -0.485. The van der Waals surface area contributed by atoms with Gasteiger partial charge in [0.15, 0.2) is 0 Å². The molecule has 0 radical (unpaired) electrons. The van der Waals surface area contributed by atoms with Gasteiger partial charge in [-0.15, -0.1) is 0 Å². The monoisotopic (exact) mass is 278 g/mol. The number of aromatic nitrogens is 1. The summed E-state index contributed by atoms with van der Waals surface area (Å²) >= 11 is 0. The van der Waals surface area contributed by atoms with Crippen LogP contribution in [0.4, 0.5) is 5.82 Å². The standard InChI is InChI=1S/C15H22N2O3/c1-11(2)14(20-10-12-6-5-9-19-12)15(18)17-13-7-3-4-8-16-13/h3-4,7-8,11-12,14H,5-6,9-10H2,1-2H3,(H,16,17,18). The van der Waals surface area contributed by atoms with Crippen molar-refractivity contribution in [3.8, 4) is 0 Å². The van der Waals surface area contributed by atoms with Crippen molar-refractivity contribution in [2.45, 2.75) is 38.9 Å². The summed E-state index contributed by atoms with van der Waals surface area (Å²) in [7, 11) is 0. The molecule has 110 valence electrons. The summed E-state index contributed by atoms with van der Waals surface area (Å²) in [6, 6.07) is 5.40. The zero-order valence-electron chi connectivity index (χ0n) is 12.0. The second-order valence-corrected chi connectivity index (χ2v) is 5.34. The average Bonchev–Trinajstić information content (AvgIpc) is 2.93. The number of nitrogens with zero attached hydrogens (tertiary/aromatic N) is 1. The van der Waals surface area contributed by atoms with Gasteiger partial charge in [-0.1, -0.05) is 19.9 Å². The summed E-state index contributed by atoms with van der Waals surface area (Å²) in [4.78, 5) is 16.3. The van der Waals surface area contributed by atoms with E-state index in [4.69, 9.17) is 9.47 Å². The molecule has 1 N–H and O–H groups in total. The Morgan fingerprint density at radius 3 is 3.00 bits per heavy atom. The third-order valence-corrected chi connectivity index (χ3v) is 3.27. The van der Waals surface area contributed by atoms with Crippen molar-refractivity contribution in [1.29, 1.82) is 0 Å². The molecule has 0 bridgehead atoms. The second kappa shape index (κ2) is 7.36. The lowest BCUT2D eigenvalue weighted by molar-refractivity contribution is -0.132. The van der Waals surface area contributed by atoms with E-state index in [-0.39, 0.29) is 17.9 Å². The highest BCUT2D eigenvalue weighted by molar-refractivity contribution is 5.93. The van der Waals surface area contributed by atoms with E-state index in [0.717, 1.165) is 19.4 Å². The normalized spacial score (nSPS) is 20.1. The maximum absolute atomic E-state index is 12.2. The van der Waals surface area contributed by atoms with Crippen LogP contribution in [0, 0.1) is 5.92 Å². The molecule has 1 aliphatic rings. The molecule has 2 rings (SSSR count). The van der Waals surface area contributed by atoms with Gasteiger partial charge in [-0.2, -0.15) is 0 Å². The Morgan fingerprint density at radius 1 is 1.55 bits per heavy atom. The van der Waals surface area contributed by atoms with E-state index < -0.39 is 6.10 Å². The summed E-state index contributed by atoms with van der Waals surface area (Å²) in [6.45, 7) is 5.20. The first kappa shape index (κ1) is 14.9. The summed E-state index contributed by atoms with van der Waals surface area (Å²) in [6.07, 6.45) is 3.36. The van der Waals surface area contributed by atoms with Gasteiger partial charge < -0.3 is 14.8 Å². The number of hydrogen-bond acceptors (Lipinski definition) is 4. The Balaban J connectivity index is 1.88. The number of ether oxygens (including phenoxy) is 2. The number of pyridine rings is 1. The lowest BCUT2D eigenvalue weighted by atomic mass is 10.1. The quantitative estimate of drug-likeness (QED) is 0.867. The minimum Gasteiger partial charge on any atom is -0.376 e. The highest BCUT2D eigenvalue weighted by Crippen LogP contribution is 2.16. The van der Waals surface area contributed by atoms with Crippen LogP contribution >= 0.6 is 0 Å². The first-order valence-electron chi connectivity index (χ1n) is 7.12. The summed E-state index contributed by atoms with van der Waals surface area (Å²) in [5, 5.41) is 2.78. The number of anilines is 1. The summed E-state index contributed by atoms with van der Waals surface area (Å²) in [5.41, 5.74) is 0. The maximum atomic E-state index is 12.2. The van der Waals surface area contributed by atoms with Crippen LogP contribution in [0.1, 0.15) is 26.7 Å². The molecule has 1 amide bonds. The van der Waals surface area contributed by atoms with Gasteiger partial charge in [0.25, 0.3) is 5.91 Å². The molecule has 1 fully saturated rings. The molecule has 1 aromatic rings. The lowest BCUT2D eigenvalue weighted by Gasteiger charge is -2.22. The van der Waals surface area contributed by atoms with E-state index in [0.29, 0.717) is 12.4 Å². The Labute approximate surface area is 119 Å². The second-order valence-electron chi connectivity index (χ2n) is 5.34. The fraction of sp³-hybridized carbons (Fsp3) is 0.600. The van der Waals surface area contributed by atoms with E-state index in [9.17, 15) is 4.79 Å². The molecular weight excluding hydrogens is 256 g/mol. The topological polar surface area (TPSA) is 60.5 Å². The van der Waals surface area contributed by atoms with Crippen LogP contribution in [0.2, 0.25) is 0 Å². The van der Waals surface area contributed by atoms with Gasteiger partial charge in [-0.05, 0) is 30.9 Å². The maximum Gasteiger partial charge on any atom is 0.254 e. The van der Waals surface area contributed by atoms with Crippen LogP contribution in [0.3, 0.4) is 0 Å². The number of carbonyl (C=O) groups excluding carboxylic acids is 1. The Hall–Kier alpha value is -1.46. The Bertz CT molecular complexity index is 416. The third kappa shape index (κ3) is 4.28. The molecule has 1 saturated heterocycles. The van der Waals surface area contributed by atoms with E-state index in [1.54, 1.807) is 12.3 Å². The molecule has 2 unspecified atom stereocenters. The van der Waals surface area contributed by atoms with Crippen molar-refractivity contribution >= 4 is 11.7 Å². The van der Waals surface area contributed by atoms with Crippen LogP contribution in [0.5, 0.6) is 0 Å². The van der Waals surface area contributed by atoms with Crippen LogP contribution < -0.4 is 5.32 Å². The number of amides is 1. The number of nitrogens with one attached hydrogen (secondary N) is 1. The SMILES string of the molecule is CC(C)C(OCC1CCCO1)C(=O)Nc1ccccn1. The molecule has 0 saturated carbocycles. The van der Waals surface area contributed by atoms with Crippen molar-refractivity contribution < 1.29 is 14.3 Å². The predicted molar refractivity (Wildman–Crippen MR) is 76.4 cm³/mol. The lowest BCUT2D eigenvalue weighted by Crippen LogP contribution is -2.37. The highest BCUT2D eigenvalue weighted by Gasteiger charge is 2.26. The third-order valence-electron chi connectivity index (χ3n) is 3.27. The fourth-order valence-corrected chi connectivity index (χ4v) is 2.19. The van der Waals surface area contributed by atoms with Gasteiger partial charge in [0.2, 0.25) is 0 Å². The molecule has 5 nitrogen and oxygen atoms in total. The molecule has 0 spiro atoms. The molecule has 0 aromatic carbocycles. The van der Waals surface area contributed by atoms with E-state index in [2.05, 4.69) is 10.3 Å². The zero-order chi connectivity index (χ0) is 14.4. The number of carbonyl (C=O) groups is 1. The van der Waals surface area contributed by atoms with E-state index >= 15 is 0 Å². The van der Waals surface area contributed by atoms with Crippen molar-refractivity contribution in [1.82, 2.24) is 4.98 Å². The van der Waals surface area contributed by atoms with E-state index in [1.165, 1.54) is 0 Å². The van der Waals surface area contributed by atoms with Gasteiger partial charge in [-0.3, -0.25) is 4.79 Å². The van der Waals surface area contributed by atoms with Crippen molar-refractivity contribution in [2.75, 3.05) is 18.5 Å². The number of hydrogen-bond donors (Lipinski definition) is 1. The largest absolute Gasteiger partial charge is 0.376 e. The van der Waals surface area contributed by atoms with Crippen LogP contribution in [0.25, 0.3) is 0 Å². The average molecular weight is 278 g/mol. The van der Waals surface area contributed by atoms with Crippen LogP contribution in [-0.2, 0) is 14.3 Å². The fourth-order valence-electron chi connectivity index (χ4n) is 2.19. The molecule has 20 heavy (non-hydrogen) atoms. The highest BCUT2D eigenvalue weighted by atomic mass is 16.5. The molecule has 1 aliphatic heterocycles. The van der Waals surface area contributed by atoms with Gasteiger partial charge in [0, 0.05) is 12.8 Å². The smallest absolute Gasteiger partial charge is 0.254 e. The first-order valence-corrected chi connectivity index (χ1v) is 7.12. The van der Waals surface area contributed by atoms with Crippen molar-refractivity contribution in [2.24, 2.45) is 5.92 Å². The molecule has 2 heterocycles. The summed E-state index contributed by atoms with van der Waals surface area (Å²) in [5.74, 6) is 0.487. The van der Waals surface area contributed by atoms with Gasteiger partial charge in [-0.25, -0.2) is 4.98 Å². The zero-order valence-corrected chi connectivity index (χ0v) is 12.0.